The van der Waals surface area contributed by atoms with E-state index in [0.29, 0.717) is 0 Å². The summed E-state index contributed by atoms with van der Waals surface area (Å²) >= 11 is 0. The van der Waals surface area contributed by atoms with Crippen LogP contribution < -0.4 is 0 Å². The summed E-state index contributed by atoms with van der Waals surface area (Å²) in [7, 11) is 0. The van der Waals surface area contributed by atoms with Crippen LogP contribution in [-0.4, -0.2) is 0 Å². The van der Waals surface area contributed by atoms with Gasteiger partial charge < -0.3 is 0 Å². The first-order chi connectivity index (χ1) is 6.41. The van der Waals surface area contributed by atoms with Crippen molar-refractivity contribution in [3.63, 3.8) is 0 Å². The second kappa shape index (κ2) is 11.5. The average molecular weight is 180 g/mol. The smallest absolute Gasteiger partial charge is 0.0316 e. The minimum Gasteiger partial charge on any atom is -0.0888 e. The van der Waals surface area contributed by atoms with Crippen LogP contribution in [-0.2, 0) is 0 Å². The summed E-state index contributed by atoms with van der Waals surface area (Å²) in [6.45, 7) is 4.43. The molecule has 76 valence electrons. The zero-order chi connectivity index (χ0) is 9.78. The van der Waals surface area contributed by atoms with Crippen LogP contribution in [0.4, 0.5) is 0 Å². The molecule has 0 aliphatic rings. The highest BCUT2D eigenvalue weighted by molar-refractivity contribution is 4.87. The van der Waals surface area contributed by atoms with Crippen LogP contribution in [0, 0.1) is 0 Å². The molecule has 0 radical (unpaired) electrons. The summed E-state index contributed by atoms with van der Waals surface area (Å²) < 4.78 is 0. The first-order valence-electron chi connectivity index (χ1n) is 5.71. The summed E-state index contributed by atoms with van der Waals surface area (Å²) in [4.78, 5) is 0. The number of allylic oxidation sites excluding steroid dienone is 4. The van der Waals surface area contributed by atoms with Gasteiger partial charge in [0.05, 0.1) is 0 Å². The second-order valence-electron chi connectivity index (χ2n) is 3.42. The molecule has 0 spiro atoms. The highest BCUT2D eigenvalue weighted by Gasteiger charge is 1.81. The fraction of sp³-hybridized carbons (Fsp3) is 0.692. The minimum atomic E-state index is 1.17. The molecule has 0 aliphatic heterocycles. The Labute approximate surface area is 83.7 Å². The lowest BCUT2D eigenvalue weighted by molar-refractivity contribution is 0.728. The molecule has 0 atom stereocenters. The first-order valence-corrected chi connectivity index (χ1v) is 5.71. The van der Waals surface area contributed by atoms with Gasteiger partial charge in [0.1, 0.15) is 0 Å². The molecule has 0 heteroatoms. The first kappa shape index (κ1) is 12.5. The summed E-state index contributed by atoms with van der Waals surface area (Å²) in [5.41, 5.74) is 0. The molecule has 0 fully saturated rings. The highest BCUT2D eigenvalue weighted by Crippen LogP contribution is 2.01. The lowest BCUT2D eigenvalue weighted by Gasteiger charge is -1.91. The van der Waals surface area contributed by atoms with Crippen molar-refractivity contribution in [2.24, 2.45) is 0 Å². The van der Waals surface area contributed by atoms with Crippen LogP contribution >= 0.6 is 0 Å². The van der Waals surface area contributed by atoms with Gasteiger partial charge in [0.2, 0.25) is 0 Å². The highest BCUT2D eigenvalue weighted by atomic mass is 13.9. The average Bonchev–Trinajstić information content (AvgIpc) is 2.16. The van der Waals surface area contributed by atoms with Crippen molar-refractivity contribution in [1.82, 2.24) is 0 Å². The molecule has 0 aromatic carbocycles. The van der Waals surface area contributed by atoms with Gasteiger partial charge in [-0.25, -0.2) is 0 Å². The lowest BCUT2D eigenvalue weighted by atomic mass is 10.2. The molecule has 0 nitrogen and oxygen atoms in total. The lowest BCUT2D eigenvalue weighted by Crippen LogP contribution is -1.71. The Kier molecular flexibility index (Phi) is 11.0. The van der Waals surface area contributed by atoms with Gasteiger partial charge in [0.15, 0.2) is 0 Å². The Morgan fingerprint density at radius 3 is 1.92 bits per heavy atom. The molecule has 0 aliphatic carbocycles. The van der Waals surface area contributed by atoms with E-state index < -0.39 is 0 Å². The van der Waals surface area contributed by atoms with Gasteiger partial charge in [0, 0.05) is 0 Å². The van der Waals surface area contributed by atoms with Gasteiger partial charge in [-0.1, -0.05) is 51.0 Å². The van der Waals surface area contributed by atoms with E-state index >= 15 is 0 Å². The maximum absolute atomic E-state index is 2.33. The summed E-state index contributed by atoms with van der Waals surface area (Å²) in [5, 5.41) is 0. The van der Waals surface area contributed by atoms with Crippen LogP contribution in [0.2, 0.25) is 0 Å². The van der Waals surface area contributed by atoms with E-state index in [9.17, 15) is 0 Å². The van der Waals surface area contributed by atoms with Gasteiger partial charge in [0.25, 0.3) is 0 Å². The molecule has 0 bridgehead atoms. The number of hydrogen-bond acceptors (Lipinski definition) is 0. The molecule has 0 saturated carbocycles. The van der Waals surface area contributed by atoms with Gasteiger partial charge in [-0.15, -0.1) is 0 Å². The van der Waals surface area contributed by atoms with E-state index in [2.05, 4.69) is 38.2 Å². The summed E-state index contributed by atoms with van der Waals surface area (Å²) in [6.07, 6.45) is 18.1. The van der Waals surface area contributed by atoms with Crippen LogP contribution in [0.1, 0.15) is 58.8 Å². The van der Waals surface area contributed by atoms with Crippen LogP contribution in [0.5, 0.6) is 0 Å². The van der Waals surface area contributed by atoms with Crippen molar-refractivity contribution in [1.29, 1.82) is 0 Å². The van der Waals surface area contributed by atoms with E-state index in [-0.39, 0.29) is 0 Å². The third-order valence-electron chi connectivity index (χ3n) is 2.04. The fourth-order valence-corrected chi connectivity index (χ4v) is 1.22. The summed E-state index contributed by atoms with van der Waals surface area (Å²) in [5.74, 6) is 0. The SMILES string of the molecule is CC/C=C/CC/C=C/CCCCC. The van der Waals surface area contributed by atoms with Crippen LogP contribution in [0.3, 0.4) is 0 Å². The fourth-order valence-electron chi connectivity index (χ4n) is 1.22. The van der Waals surface area contributed by atoms with E-state index in [1.165, 1.54) is 44.9 Å². The van der Waals surface area contributed by atoms with Gasteiger partial charge in [-0.2, -0.15) is 0 Å². The Morgan fingerprint density at radius 1 is 0.692 bits per heavy atom. The monoisotopic (exact) mass is 180 g/mol. The maximum atomic E-state index is 2.33. The van der Waals surface area contributed by atoms with Gasteiger partial charge >= 0.3 is 0 Å². The van der Waals surface area contributed by atoms with Gasteiger partial charge in [-0.05, 0) is 32.1 Å². The maximum Gasteiger partial charge on any atom is -0.0316 e. The number of hydrogen-bond donors (Lipinski definition) is 0. The molecule has 0 unspecified atom stereocenters. The Bertz CT molecular complexity index is 131. The van der Waals surface area contributed by atoms with Gasteiger partial charge in [-0.3, -0.25) is 0 Å². The van der Waals surface area contributed by atoms with Crippen molar-refractivity contribution in [2.75, 3.05) is 0 Å². The van der Waals surface area contributed by atoms with Crippen molar-refractivity contribution in [3.8, 4) is 0 Å². The predicted molar refractivity (Wildman–Crippen MR) is 61.9 cm³/mol. The molecule has 0 amide bonds. The molecule has 0 aromatic heterocycles. The van der Waals surface area contributed by atoms with Crippen molar-refractivity contribution < 1.29 is 0 Å². The van der Waals surface area contributed by atoms with Crippen molar-refractivity contribution in [2.45, 2.75) is 58.8 Å². The minimum absolute atomic E-state index is 1.17. The van der Waals surface area contributed by atoms with E-state index in [1.54, 1.807) is 0 Å². The topological polar surface area (TPSA) is 0 Å². The number of unbranched alkanes of at least 4 members (excludes halogenated alkanes) is 4. The second-order valence-corrected chi connectivity index (χ2v) is 3.42. The van der Waals surface area contributed by atoms with E-state index in [4.69, 9.17) is 0 Å². The molecular formula is C13H24. The zero-order valence-corrected chi connectivity index (χ0v) is 9.26. The third kappa shape index (κ3) is 11.5. The van der Waals surface area contributed by atoms with Crippen molar-refractivity contribution >= 4 is 0 Å². The van der Waals surface area contributed by atoms with Crippen LogP contribution in [0.25, 0.3) is 0 Å². The standard InChI is InChI=1S/C13H24/c1-3-5-7-9-11-13-12-10-8-6-4-2/h5,7,12-13H,3-4,6,8-11H2,1-2H3/b7-5+,13-12+. The Hall–Kier alpha value is -0.520. The third-order valence-corrected chi connectivity index (χ3v) is 2.04. The summed E-state index contributed by atoms with van der Waals surface area (Å²) in [6, 6.07) is 0. The largest absolute Gasteiger partial charge is 0.0888 e. The number of rotatable bonds is 8. The van der Waals surface area contributed by atoms with Crippen molar-refractivity contribution in [3.05, 3.63) is 24.3 Å². The Balaban J connectivity index is 3.07. The Morgan fingerprint density at radius 2 is 1.31 bits per heavy atom. The molecule has 0 rings (SSSR count). The predicted octanol–water partition coefficient (Wildman–Crippen LogP) is 4.87. The van der Waals surface area contributed by atoms with E-state index in [1.807, 2.05) is 0 Å². The van der Waals surface area contributed by atoms with E-state index in [0.717, 1.165) is 0 Å². The quantitative estimate of drug-likeness (QED) is 0.369. The molecule has 13 heavy (non-hydrogen) atoms. The molecule has 0 aromatic rings. The molecule has 0 saturated heterocycles. The molecule has 0 heterocycles. The van der Waals surface area contributed by atoms with Crippen LogP contribution in [0.15, 0.2) is 24.3 Å². The molecular weight excluding hydrogens is 156 g/mol. The normalized spacial score (nSPS) is 11.8. The zero-order valence-electron chi connectivity index (χ0n) is 9.26. The molecule has 0 N–H and O–H groups in total.